The fourth-order valence-electron chi connectivity index (χ4n) is 4.08. The smallest absolute Gasteiger partial charge is 0.410 e. The van der Waals surface area contributed by atoms with Crippen LogP contribution in [0.2, 0.25) is 5.02 Å². The summed E-state index contributed by atoms with van der Waals surface area (Å²) in [4.78, 5) is 14.0. The average molecular weight is 478 g/mol. The summed E-state index contributed by atoms with van der Waals surface area (Å²) in [5.41, 5.74) is 1.03. The lowest BCUT2D eigenvalue weighted by molar-refractivity contribution is 0.0204. The molecule has 0 bridgehead atoms. The van der Waals surface area contributed by atoms with E-state index in [1.807, 2.05) is 26.8 Å². The number of fused-ring (bicyclic) bond motifs is 1. The highest BCUT2D eigenvalue weighted by atomic mass is 35.5. The van der Waals surface area contributed by atoms with Crippen LogP contribution in [0.3, 0.4) is 0 Å². The zero-order valence-electron chi connectivity index (χ0n) is 18.8. The number of ether oxygens (including phenoxy) is 2. The maximum Gasteiger partial charge on any atom is 0.410 e. The Hall–Kier alpha value is -2.80. The van der Waals surface area contributed by atoms with E-state index in [2.05, 4.69) is 0 Å². The third kappa shape index (κ3) is 5.24. The number of benzene rings is 2. The molecular weight excluding hydrogens is 452 g/mol. The van der Waals surface area contributed by atoms with Crippen LogP contribution in [-0.2, 0) is 11.3 Å². The predicted octanol–water partition coefficient (Wildman–Crippen LogP) is 7.06. The number of likely N-dealkylation sites (tertiary alicyclic amines) is 1. The molecule has 0 spiro atoms. The van der Waals surface area contributed by atoms with Crippen LogP contribution in [0.25, 0.3) is 11.0 Å². The summed E-state index contributed by atoms with van der Waals surface area (Å²) >= 11 is 6.12. The van der Waals surface area contributed by atoms with Gasteiger partial charge in [0.2, 0.25) is 0 Å². The number of nitrogens with zero attached hydrogens (tertiary/aromatic N) is 1. The van der Waals surface area contributed by atoms with Crippen LogP contribution in [0, 0.1) is 11.8 Å². The standard InChI is InChI=1S/C25H26ClF2NO4/c1-25(2,3)33-24(30)29-11-9-15(10-12-29)17-5-4-6-20(27)23(17)31-14-16-7-8-19(26)18-13-21(28)32-22(16)18/h4-8,13,15H,9-12,14H2,1-3H3. The van der Waals surface area contributed by atoms with Crippen molar-refractivity contribution in [3.05, 3.63) is 64.4 Å². The number of piperidine rings is 1. The molecule has 1 aliphatic heterocycles. The molecule has 1 amide bonds. The summed E-state index contributed by atoms with van der Waals surface area (Å²) in [5.74, 6) is -0.290. The Morgan fingerprint density at radius 2 is 1.91 bits per heavy atom. The van der Waals surface area contributed by atoms with Gasteiger partial charge in [-0.1, -0.05) is 29.8 Å². The third-order valence-electron chi connectivity index (χ3n) is 5.64. The second-order valence-corrected chi connectivity index (χ2v) is 9.60. The first-order chi connectivity index (χ1) is 15.6. The number of amides is 1. The van der Waals surface area contributed by atoms with Gasteiger partial charge in [-0.3, -0.25) is 0 Å². The highest BCUT2D eigenvalue weighted by Gasteiger charge is 2.29. The quantitative estimate of drug-likeness (QED) is 0.403. The van der Waals surface area contributed by atoms with Crippen molar-refractivity contribution >= 4 is 28.7 Å². The second-order valence-electron chi connectivity index (χ2n) is 9.19. The van der Waals surface area contributed by atoms with Gasteiger partial charge in [0.1, 0.15) is 17.8 Å². The first kappa shape index (κ1) is 23.4. The molecule has 1 aliphatic rings. The summed E-state index contributed by atoms with van der Waals surface area (Å²) in [6.45, 7) is 6.52. The zero-order valence-corrected chi connectivity index (χ0v) is 19.5. The van der Waals surface area contributed by atoms with Crippen LogP contribution >= 0.6 is 11.6 Å². The van der Waals surface area contributed by atoms with E-state index >= 15 is 0 Å². The van der Waals surface area contributed by atoms with E-state index in [0.29, 0.717) is 41.9 Å². The first-order valence-electron chi connectivity index (χ1n) is 10.9. The van der Waals surface area contributed by atoms with E-state index in [-0.39, 0.29) is 30.0 Å². The molecule has 1 fully saturated rings. The van der Waals surface area contributed by atoms with Crippen molar-refractivity contribution in [2.75, 3.05) is 13.1 Å². The van der Waals surface area contributed by atoms with Gasteiger partial charge < -0.3 is 18.8 Å². The highest BCUT2D eigenvalue weighted by Crippen LogP contribution is 2.37. The Kier molecular flexibility index (Phi) is 6.52. The molecule has 0 atom stereocenters. The van der Waals surface area contributed by atoms with Crippen molar-refractivity contribution in [1.82, 2.24) is 4.90 Å². The SMILES string of the molecule is CC(C)(C)OC(=O)N1CCC(c2cccc(F)c2OCc2ccc(Cl)c3cc(F)oc23)CC1. The molecule has 33 heavy (non-hydrogen) atoms. The molecule has 0 unspecified atom stereocenters. The number of hydrogen-bond donors (Lipinski definition) is 0. The topological polar surface area (TPSA) is 51.9 Å². The highest BCUT2D eigenvalue weighted by molar-refractivity contribution is 6.35. The molecular formula is C25H26ClF2NO4. The first-order valence-corrected chi connectivity index (χ1v) is 11.3. The van der Waals surface area contributed by atoms with E-state index in [1.54, 1.807) is 23.1 Å². The maximum absolute atomic E-state index is 14.8. The van der Waals surface area contributed by atoms with E-state index in [0.717, 1.165) is 5.56 Å². The van der Waals surface area contributed by atoms with Gasteiger partial charge in [0.15, 0.2) is 11.6 Å². The van der Waals surface area contributed by atoms with Crippen LogP contribution in [0.4, 0.5) is 13.6 Å². The lowest BCUT2D eigenvalue weighted by Gasteiger charge is -2.34. The lowest BCUT2D eigenvalue weighted by Crippen LogP contribution is -2.41. The van der Waals surface area contributed by atoms with Crippen LogP contribution < -0.4 is 4.74 Å². The summed E-state index contributed by atoms with van der Waals surface area (Å²) < 4.78 is 44.9. The van der Waals surface area contributed by atoms with Crippen LogP contribution in [0.1, 0.15) is 50.7 Å². The van der Waals surface area contributed by atoms with Gasteiger partial charge in [-0.25, -0.2) is 9.18 Å². The monoisotopic (exact) mass is 477 g/mol. The molecule has 8 heteroatoms. The number of rotatable bonds is 4. The third-order valence-corrected chi connectivity index (χ3v) is 5.97. The lowest BCUT2D eigenvalue weighted by atomic mass is 9.89. The van der Waals surface area contributed by atoms with Crippen molar-refractivity contribution in [3.63, 3.8) is 0 Å². The summed E-state index contributed by atoms with van der Waals surface area (Å²) in [6, 6.07) is 8.62. The van der Waals surface area contributed by atoms with Crippen molar-refractivity contribution < 1.29 is 27.5 Å². The van der Waals surface area contributed by atoms with Crippen LogP contribution in [0.15, 0.2) is 40.8 Å². The molecule has 0 N–H and O–H groups in total. The van der Waals surface area contributed by atoms with Crippen molar-refractivity contribution in [2.45, 2.75) is 51.7 Å². The molecule has 0 aliphatic carbocycles. The normalized spacial score (nSPS) is 15.2. The molecule has 0 saturated carbocycles. The van der Waals surface area contributed by atoms with Gasteiger partial charge in [-0.05, 0) is 51.7 Å². The summed E-state index contributed by atoms with van der Waals surface area (Å²) in [6.07, 6.45) is 0.982. The van der Waals surface area contributed by atoms with E-state index < -0.39 is 17.4 Å². The fourth-order valence-corrected chi connectivity index (χ4v) is 4.28. The Labute approximate surface area is 196 Å². The zero-order chi connectivity index (χ0) is 23.8. The Bertz CT molecular complexity index is 1160. The number of halogens is 3. The molecule has 3 aromatic rings. The molecule has 2 heterocycles. The Balaban J connectivity index is 1.49. The van der Waals surface area contributed by atoms with E-state index in [9.17, 15) is 13.6 Å². The average Bonchev–Trinajstić information content (AvgIpc) is 3.15. The van der Waals surface area contributed by atoms with Crippen molar-refractivity contribution in [2.24, 2.45) is 0 Å². The number of para-hydroxylation sites is 1. The fraction of sp³-hybridized carbons (Fsp3) is 0.400. The van der Waals surface area contributed by atoms with Crippen molar-refractivity contribution in [3.8, 4) is 5.75 Å². The predicted molar refractivity (Wildman–Crippen MR) is 122 cm³/mol. The molecule has 2 aromatic carbocycles. The number of carbonyl (C=O) groups is 1. The van der Waals surface area contributed by atoms with Gasteiger partial charge >= 0.3 is 6.09 Å². The van der Waals surface area contributed by atoms with Gasteiger partial charge in [-0.2, -0.15) is 4.39 Å². The largest absolute Gasteiger partial charge is 0.485 e. The van der Waals surface area contributed by atoms with Crippen LogP contribution in [-0.4, -0.2) is 29.7 Å². The number of carbonyl (C=O) groups excluding carboxylic acids is 1. The van der Waals surface area contributed by atoms with E-state index in [4.69, 9.17) is 25.5 Å². The second kappa shape index (κ2) is 9.21. The van der Waals surface area contributed by atoms with Gasteiger partial charge in [0.05, 0.1) is 5.02 Å². The Morgan fingerprint density at radius 1 is 1.18 bits per heavy atom. The molecule has 1 saturated heterocycles. The summed E-state index contributed by atoms with van der Waals surface area (Å²) in [7, 11) is 0. The van der Waals surface area contributed by atoms with Gasteiger partial charge in [-0.15, -0.1) is 0 Å². The molecule has 4 rings (SSSR count). The van der Waals surface area contributed by atoms with Crippen LogP contribution in [0.5, 0.6) is 5.75 Å². The summed E-state index contributed by atoms with van der Waals surface area (Å²) in [5, 5.41) is 0.809. The minimum atomic E-state index is -0.748. The maximum atomic E-state index is 14.8. The minimum absolute atomic E-state index is 0.00862. The van der Waals surface area contributed by atoms with Gasteiger partial charge in [0, 0.05) is 35.7 Å². The number of hydrogen-bond acceptors (Lipinski definition) is 4. The molecule has 176 valence electrons. The molecule has 0 radical (unpaired) electrons. The molecule has 5 nitrogen and oxygen atoms in total. The van der Waals surface area contributed by atoms with Gasteiger partial charge in [0.25, 0.3) is 6.01 Å². The van der Waals surface area contributed by atoms with E-state index in [1.165, 1.54) is 12.1 Å². The molecule has 1 aromatic heterocycles. The Morgan fingerprint density at radius 3 is 2.61 bits per heavy atom. The number of furan rings is 1. The van der Waals surface area contributed by atoms with Crippen molar-refractivity contribution in [1.29, 1.82) is 0 Å². The minimum Gasteiger partial charge on any atom is -0.485 e.